The molecule has 18 heavy (non-hydrogen) atoms. The number of carboxylic acids is 1. The maximum absolute atomic E-state index is 10.9. The predicted octanol–water partition coefficient (Wildman–Crippen LogP) is 2.18. The van der Waals surface area contributed by atoms with E-state index >= 15 is 0 Å². The lowest BCUT2D eigenvalue weighted by atomic mass is 10.2. The summed E-state index contributed by atoms with van der Waals surface area (Å²) in [4.78, 5) is 14.8. The fraction of sp³-hybridized carbons (Fsp3) is 0.182. The molecule has 0 aliphatic rings. The van der Waals surface area contributed by atoms with E-state index in [0.717, 1.165) is 5.69 Å². The van der Waals surface area contributed by atoms with Crippen LogP contribution < -0.4 is 5.32 Å². The van der Waals surface area contributed by atoms with Crippen molar-refractivity contribution in [2.24, 2.45) is 0 Å². The summed E-state index contributed by atoms with van der Waals surface area (Å²) in [5.74, 6) is -0.424. The van der Waals surface area contributed by atoms with E-state index in [-0.39, 0.29) is 5.56 Å². The molecule has 1 aromatic heterocycles. The molecule has 1 aromatic carbocycles. The van der Waals surface area contributed by atoms with Crippen molar-refractivity contribution in [3.8, 4) is 0 Å². The number of rotatable bonds is 5. The number of nitrogens with zero attached hydrogens (tertiary/aromatic N) is 2. The smallest absolute Gasteiger partial charge is 0.335 e. The summed E-state index contributed by atoms with van der Waals surface area (Å²) >= 11 is 3.27. The Morgan fingerprint density at radius 2 is 2.28 bits per heavy atom. The quantitative estimate of drug-likeness (QED) is 0.880. The van der Waals surface area contributed by atoms with Gasteiger partial charge in [0.15, 0.2) is 6.33 Å². The number of hydrogen-bond donors (Lipinski definition) is 2. The molecule has 2 rings (SSSR count). The van der Waals surface area contributed by atoms with E-state index in [1.807, 2.05) is 0 Å². The van der Waals surface area contributed by atoms with E-state index in [1.54, 1.807) is 18.2 Å². The predicted molar refractivity (Wildman–Crippen MR) is 67.6 cm³/mol. The average molecular weight is 312 g/mol. The lowest BCUT2D eigenvalue weighted by Crippen LogP contribution is -2.06. The van der Waals surface area contributed by atoms with E-state index in [1.165, 1.54) is 6.33 Å². The molecule has 1 heterocycles. The van der Waals surface area contributed by atoms with Crippen LogP contribution in [0.4, 0.5) is 5.69 Å². The molecular formula is C11H10BrN3O3. The van der Waals surface area contributed by atoms with Crippen molar-refractivity contribution in [2.75, 3.05) is 11.9 Å². The highest BCUT2D eigenvalue weighted by molar-refractivity contribution is 9.10. The molecule has 0 aliphatic carbocycles. The van der Waals surface area contributed by atoms with Crippen LogP contribution in [0.3, 0.4) is 0 Å². The zero-order chi connectivity index (χ0) is 13.0. The summed E-state index contributed by atoms with van der Waals surface area (Å²) in [7, 11) is 0. The van der Waals surface area contributed by atoms with Gasteiger partial charge in [-0.2, -0.15) is 4.98 Å². The SMILES string of the molecule is O=C(O)c1cc(Br)cc(NCCc2ncno2)c1. The van der Waals surface area contributed by atoms with Crippen LogP contribution >= 0.6 is 15.9 Å². The maximum Gasteiger partial charge on any atom is 0.335 e. The molecule has 0 saturated carbocycles. The lowest BCUT2D eigenvalue weighted by Gasteiger charge is -2.06. The first kappa shape index (κ1) is 12.6. The molecule has 94 valence electrons. The third kappa shape index (κ3) is 3.30. The molecule has 0 fully saturated rings. The molecule has 0 unspecified atom stereocenters. The van der Waals surface area contributed by atoms with Crippen LogP contribution in [0.1, 0.15) is 16.2 Å². The fourth-order valence-corrected chi connectivity index (χ4v) is 1.93. The van der Waals surface area contributed by atoms with Crippen LogP contribution in [0, 0.1) is 0 Å². The molecule has 0 atom stereocenters. The molecule has 0 saturated heterocycles. The number of halogens is 1. The number of carbonyl (C=O) groups is 1. The molecule has 0 aliphatic heterocycles. The van der Waals surface area contributed by atoms with Gasteiger partial charge >= 0.3 is 5.97 Å². The van der Waals surface area contributed by atoms with Crippen LogP contribution in [0.15, 0.2) is 33.5 Å². The second-order valence-electron chi connectivity index (χ2n) is 3.55. The fourth-order valence-electron chi connectivity index (χ4n) is 1.44. The van der Waals surface area contributed by atoms with Gasteiger partial charge in [-0.1, -0.05) is 21.1 Å². The van der Waals surface area contributed by atoms with Crippen molar-refractivity contribution < 1.29 is 14.4 Å². The standard InChI is InChI=1S/C11H10BrN3O3/c12-8-3-7(11(16)17)4-9(5-8)13-2-1-10-14-6-15-18-10/h3-6,13H,1-2H2,(H,16,17). The van der Waals surface area contributed by atoms with Crippen LogP contribution in [0.2, 0.25) is 0 Å². The molecule has 2 aromatic rings. The van der Waals surface area contributed by atoms with Gasteiger partial charge in [0.2, 0.25) is 5.89 Å². The normalized spacial score (nSPS) is 10.3. The summed E-state index contributed by atoms with van der Waals surface area (Å²) in [6, 6.07) is 4.92. The van der Waals surface area contributed by atoms with Gasteiger partial charge in [0.1, 0.15) is 0 Å². The van der Waals surface area contributed by atoms with Crippen LogP contribution in [-0.2, 0) is 6.42 Å². The first-order chi connectivity index (χ1) is 8.65. The number of benzene rings is 1. The molecule has 6 nitrogen and oxygen atoms in total. The molecule has 7 heteroatoms. The zero-order valence-electron chi connectivity index (χ0n) is 9.26. The van der Waals surface area contributed by atoms with Crippen molar-refractivity contribution in [2.45, 2.75) is 6.42 Å². The van der Waals surface area contributed by atoms with Crippen LogP contribution in [0.25, 0.3) is 0 Å². The maximum atomic E-state index is 10.9. The van der Waals surface area contributed by atoms with Gasteiger partial charge in [0, 0.05) is 23.1 Å². The lowest BCUT2D eigenvalue weighted by molar-refractivity contribution is 0.0697. The van der Waals surface area contributed by atoms with E-state index < -0.39 is 5.97 Å². The Balaban J connectivity index is 1.98. The second kappa shape index (κ2) is 5.63. The number of anilines is 1. The zero-order valence-corrected chi connectivity index (χ0v) is 10.8. The highest BCUT2D eigenvalue weighted by Gasteiger charge is 2.06. The monoisotopic (exact) mass is 311 g/mol. The topological polar surface area (TPSA) is 88.2 Å². The Hall–Kier alpha value is -1.89. The molecule has 0 radical (unpaired) electrons. The van der Waals surface area contributed by atoms with Gasteiger partial charge in [-0.3, -0.25) is 0 Å². The van der Waals surface area contributed by atoms with Gasteiger partial charge in [-0.25, -0.2) is 4.79 Å². The number of hydrogen-bond acceptors (Lipinski definition) is 5. The third-order valence-electron chi connectivity index (χ3n) is 2.22. The van der Waals surface area contributed by atoms with Gasteiger partial charge in [0.05, 0.1) is 5.56 Å². The number of nitrogens with one attached hydrogen (secondary N) is 1. The Morgan fingerprint density at radius 3 is 2.94 bits per heavy atom. The van der Waals surface area contributed by atoms with Crippen molar-refractivity contribution in [3.63, 3.8) is 0 Å². The first-order valence-corrected chi connectivity index (χ1v) is 5.98. The largest absolute Gasteiger partial charge is 0.478 e. The van der Waals surface area contributed by atoms with Crippen LogP contribution in [-0.4, -0.2) is 27.8 Å². The van der Waals surface area contributed by atoms with Crippen LogP contribution in [0.5, 0.6) is 0 Å². The first-order valence-electron chi connectivity index (χ1n) is 5.18. The summed E-state index contributed by atoms with van der Waals surface area (Å²) in [5, 5.41) is 15.5. The Kier molecular flexibility index (Phi) is 3.93. The number of aromatic nitrogens is 2. The van der Waals surface area contributed by atoms with Crippen molar-refractivity contribution in [1.29, 1.82) is 0 Å². The van der Waals surface area contributed by atoms with Gasteiger partial charge in [-0.05, 0) is 18.2 Å². The highest BCUT2D eigenvalue weighted by atomic mass is 79.9. The van der Waals surface area contributed by atoms with Gasteiger partial charge < -0.3 is 14.9 Å². The molecule has 2 N–H and O–H groups in total. The van der Waals surface area contributed by atoms with Crippen molar-refractivity contribution >= 4 is 27.6 Å². The highest BCUT2D eigenvalue weighted by Crippen LogP contribution is 2.19. The minimum Gasteiger partial charge on any atom is -0.478 e. The third-order valence-corrected chi connectivity index (χ3v) is 2.68. The molecule has 0 amide bonds. The Labute approximate surface area is 111 Å². The Morgan fingerprint density at radius 1 is 1.44 bits per heavy atom. The minimum atomic E-state index is -0.962. The van der Waals surface area contributed by atoms with E-state index in [4.69, 9.17) is 9.63 Å². The minimum absolute atomic E-state index is 0.227. The molecule has 0 spiro atoms. The van der Waals surface area contributed by atoms with Gasteiger partial charge in [-0.15, -0.1) is 0 Å². The number of aromatic carboxylic acids is 1. The molecule has 0 bridgehead atoms. The van der Waals surface area contributed by atoms with E-state index in [9.17, 15) is 4.79 Å². The molecular weight excluding hydrogens is 302 g/mol. The van der Waals surface area contributed by atoms with E-state index in [0.29, 0.717) is 23.3 Å². The van der Waals surface area contributed by atoms with Gasteiger partial charge in [0.25, 0.3) is 0 Å². The second-order valence-corrected chi connectivity index (χ2v) is 4.46. The van der Waals surface area contributed by atoms with E-state index in [2.05, 4.69) is 31.4 Å². The summed E-state index contributed by atoms with van der Waals surface area (Å²) in [6.45, 7) is 0.581. The average Bonchev–Trinajstić information content (AvgIpc) is 2.81. The van der Waals surface area contributed by atoms with Crippen molar-refractivity contribution in [3.05, 3.63) is 40.5 Å². The Bertz CT molecular complexity index is 542. The summed E-state index contributed by atoms with van der Waals surface area (Å²) < 4.78 is 5.56. The van der Waals surface area contributed by atoms with Crippen molar-refractivity contribution in [1.82, 2.24) is 10.1 Å². The summed E-state index contributed by atoms with van der Waals surface area (Å²) in [5.41, 5.74) is 0.950. The summed E-state index contributed by atoms with van der Waals surface area (Å²) in [6.07, 6.45) is 1.92. The number of carboxylic acid groups (broad SMARTS) is 1.